The number of carbonyl (C=O) groups excluding carboxylic acids is 1. The van der Waals surface area contributed by atoms with Crippen molar-refractivity contribution in [3.05, 3.63) is 18.0 Å². The fourth-order valence-corrected chi connectivity index (χ4v) is 1.26. The van der Waals surface area contributed by atoms with Crippen LogP contribution in [0.5, 0.6) is 0 Å². The Balaban J connectivity index is 2.89. The van der Waals surface area contributed by atoms with Gasteiger partial charge in [0.15, 0.2) is 0 Å². The molecule has 0 radical (unpaired) electrons. The van der Waals surface area contributed by atoms with Crippen molar-refractivity contribution in [3.63, 3.8) is 0 Å². The van der Waals surface area contributed by atoms with Gasteiger partial charge in [0.1, 0.15) is 6.04 Å². The Morgan fingerprint density at radius 3 is 2.64 bits per heavy atom. The number of hydrogen-bond acceptors (Lipinski definition) is 3. The quantitative estimate of drug-likeness (QED) is 0.723. The van der Waals surface area contributed by atoms with Crippen LogP contribution in [0.15, 0.2) is 12.4 Å². The van der Waals surface area contributed by atoms with Crippen LogP contribution < -0.4 is 11.1 Å². The summed E-state index contributed by atoms with van der Waals surface area (Å²) < 4.78 is 1.79. The van der Waals surface area contributed by atoms with Crippen LogP contribution in [0.1, 0.15) is 31.5 Å². The molecule has 0 spiro atoms. The van der Waals surface area contributed by atoms with Gasteiger partial charge in [-0.05, 0) is 20.9 Å². The average Bonchev–Trinajstić information content (AvgIpc) is 2.53. The van der Waals surface area contributed by atoms with E-state index < -0.39 is 11.9 Å². The molecule has 0 fully saturated rings. The number of nitrogens with zero attached hydrogens (tertiary/aromatic N) is 2. The van der Waals surface area contributed by atoms with Crippen molar-refractivity contribution < 1.29 is 4.79 Å². The van der Waals surface area contributed by atoms with Crippen molar-refractivity contribution >= 4 is 5.91 Å². The van der Waals surface area contributed by atoms with Crippen LogP contribution in [0, 0.1) is 0 Å². The Labute approximate surface area is 83.3 Å². The Bertz CT molecular complexity index is 318. The predicted molar refractivity (Wildman–Crippen MR) is 53.6 cm³/mol. The number of aromatic nitrogens is 2. The highest BCUT2D eigenvalue weighted by Gasteiger charge is 2.17. The molecule has 78 valence electrons. The number of rotatable bonds is 4. The predicted octanol–water partition coefficient (Wildman–Crippen LogP) is 0.210. The standard InChI is InChI=1S/C9H16N4O/c1-6(2)13-5-7(4-12-13)8(11-3)9(10)14/h4-6,8,11H,1-3H3,(H2,10,14). The molecule has 1 aromatic rings. The van der Waals surface area contributed by atoms with E-state index in [1.54, 1.807) is 17.9 Å². The van der Waals surface area contributed by atoms with Crippen LogP contribution >= 0.6 is 0 Å². The van der Waals surface area contributed by atoms with Gasteiger partial charge in [-0.1, -0.05) is 0 Å². The minimum absolute atomic E-state index is 0.286. The zero-order chi connectivity index (χ0) is 10.7. The van der Waals surface area contributed by atoms with Gasteiger partial charge in [-0.2, -0.15) is 5.10 Å². The zero-order valence-corrected chi connectivity index (χ0v) is 8.69. The molecule has 0 aliphatic heterocycles. The summed E-state index contributed by atoms with van der Waals surface area (Å²) in [6, 6.07) is -0.170. The first-order valence-electron chi connectivity index (χ1n) is 4.57. The van der Waals surface area contributed by atoms with Crippen LogP contribution in [0.3, 0.4) is 0 Å². The summed E-state index contributed by atoms with van der Waals surface area (Å²) in [5.41, 5.74) is 6.03. The van der Waals surface area contributed by atoms with Crippen LogP contribution in [0.25, 0.3) is 0 Å². The normalized spacial score (nSPS) is 13.1. The number of primary amides is 1. The fourth-order valence-electron chi connectivity index (χ4n) is 1.26. The van der Waals surface area contributed by atoms with E-state index in [4.69, 9.17) is 5.73 Å². The first-order chi connectivity index (χ1) is 6.56. The second kappa shape index (κ2) is 4.23. The lowest BCUT2D eigenvalue weighted by atomic mass is 10.1. The summed E-state index contributed by atoms with van der Waals surface area (Å²) in [6.45, 7) is 4.05. The third-order valence-electron chi connectivity index (χ3n) is 2.06. The van der Waals surface area contributed by atoms with Crippen LogP contribution in [0.4, 0.5) is 0 Å². The molecule has 5 nitrogen and oxygen atoms in total. The highest BCUT2D eigenvalue weighted by Crippen LogP contribution is 2.13. The molecule has 1 atom stereocenters. The van der Waals surface area contributed by atoms with E-state index >= 15 is 0 Å². The van der Waals surface area contributed by atoms with Crippen molar-refractivity contribution in [2.24, 2.45) is 5.73 Å². The summed E-state index contributed by atoms with van der Waals surface area (Å²) in [5, 5.41) is 6.98. The third kappa shape index (κ3) is 2.11. The molecule has 1 amide bonds. The monoisotopic (exact) mass is 196 g/mol. The van der Waals surface area contributed by atoms with Crippen molar-refractivity contribution in [3.8, 4) is 0 Å². The first kappa shape index (κ1) is 10.7. The summed E-state index contributed by atoms with van der Waals surface area (Å²) in [6.07, 6.45) is 3.49. The van der Waals surface area contributed by atoms with E-state index in [0.717, 1.165) is 5.56 Å². The molecule has 0 aliphatic carbocycles. The van der Waals surface area contributed by atoms with E-state index in [2.05, 4.69) is 10.4 Å². The number of nitrogens with one attached hydrogen (secondary N) is 1. The van der Waals surface area contributed by atoms with Crippen molar-refractivity contribution in [1.29, 1.82) is 0 Å². The van der Waals surface area contributed by atoms with E-state index in [0.29, 0.717) is 0 Å². The van der Waals surface area contributed by atoms with E-state index in [1.807, 2.05) is 20.0 Å². The number of amides is 1. The molecule has 0 saturated carbocycles. The first-order valence-corrected chi connectivity index (χ1v) is 4.57. The maximum absolute atomic E-state index is 11.0. The molecule has 0 bridgehead atoms. The average molecular weight is 196 g/mol. The SMILES string of the molecule is CNC(C(N)=O)c1cnn(C(C)C)c1. The zero-order valence-electron chi connectivity index (χ0n) is 8.69. The molecule has 0 saturated heterocycles. The molecule has 1 aromatic heterocycles. The highest BCUT2D eigenvalue weighted by atomic mass is 16.1. The van der Waals surface area contributed by atoms with Crippen molar-refractivity contribution in [2.75, 3.05) is 7.05 Å². The topological polar surface area (TPSA) is 72.9 Å². The Kier molecular flexibility index (Phi) is 3.24. The van der Waals surface area contributed by atoms with E-state index in [9.17, 15) is 4.79 Å². The number of hydrogen-bond donors (Lipinski definition) is 2. The molecule has 3 N–H and O–H groups in total. The van der Waals surface area contributed by atoms with Crippen LogP contribution in [-0.2, 0) is 4.79 Å². The lowest BCUT2D eigenvalue weighted by molar-refractivity contribution is -0.120. The molecular formula is C9H16N4O. The second-order valence-corrected chi connectivity index (χ2v) is 3.47. The summed E-state index contributed by atoms with van der Waals surface area (Å²) >= 11 is 0. The van der Waals surface area contributed by atoms with Gasteiger partial charge in [-0.15, -0.1) is 0 Å². The molecule has 1 rings (SSSR count). The van der Waals surface area contributed by atoms with Gasteiger partial charge in [0.2, 0.25) is 5.91 Å². The van der Waals surface area contributed by atoms with Gasteiger partial charge in [0, 0.05) is 17.8 Å². The van der Waals surface area contributed by atoms with Crippen LogP contribution in [0.2, 0.25) is 0 Å². The number of nitrogens with two attached hydrogens (primary N) is 1. The van der Waals surface area contributed by atoms with Crippen molar-refractivity contribution in [1.82, 2.24) is 15.1 Å². The lowest BCUT2D eigenvalue weighted by Gasteiger charge is -2.09. The Hall–Kier alpha value is -1.36. The second-order valence-electron chi connectivity index (χ2n) is 3.47. The molecule has 1 unspecified atom stereocenters. The summed E-state index contributed by atoms with van der Waals surface area (Å²) in [4.78, 5) is 11.0. The van der Waals surface area contributed by atoms with Crippen LogP contribution in [-0.4, -0.2) is 22.7 Å². The maximum Gasteiger partial charge on any atom is 0.239 e. The molecular weight excluding hydrogens is 180 g/mol. The molecule has 0 aromatic carbocycles. The summed E-state index contributed by atoms with van der Waals surface area (Å²) in [7, 11) is 1.70. The summed E-state index contributed by atoms with van der Waals surface area (Å²) in [5.74, 6) is -0.393. The smallest absolute Gasteiger partial charge is 0.239 e. The largest absolute Gasteiger partial charge is 0.368 e. The molecule has 14 heavy (non-hydrogen) atoms. The van der Waals surface area contributed by atoms with Gasteiger partial charge >= 0.3 is 0 Å². The number of carbonyl (C=O) groups is 1. The van der Waals surface area contributed by atoms with Crippen molar-refractivity contribution in [2.45, 2.75) is 25.9 Å². The van der Waals surface area contributed by atoms with Gasteiger partial charge in [0.25, 0.3) is 0 Å². The minimum atomic E-state index is -0.456. The molecule has 0 aliphatic rings. The van der Waals surface area contributed by atoms with Gasteiger partial charge in [-0.25, -0.2) is 0 Å². The van der Waals surface area contributed by atoms with Gasteiger partial charge in [-0.3, -0.25) is 9.48 Å². The molecule has 1 heterocycles. The van der Waals surface area contributed by atoms with E-state index in [-0.39, 0.29) is 6.04 Å². The fraction of sp³-hybridized carbons (Fsp3) is 0.556. The number of likely N-dealkylation sites (N-methyl/N-ethyl adjacent to an activating group) is 1. The van der Waals surface area contributed by atoms with Gasteiger partial charge < -0.3 is 11.1 Å². The minimum Gasteiger partial charge on any atom is -0.368 e. The Morgan fingerprint density at radius 1 is 1.64 bits per heavy atom. The van der Waals surface area contributed by atoms with Gasteiger partial charge in [0.05, 0.1) is 6.20 Å². The lowest BCUT2D eigenvalue weighted by Crippen LogP contribution is -2.30. The maximum atomic E-state index is 11.0. The molecule has 5 heteroatoms. The Morgan fingerprint density at radius 2 is 2.29 bits per heavy atom. The third-order valence-corrected chi connectivity index (χ3v) is 2.06. The van der Waals surface area contributed by atoms with E-state index in [1.165, 1.54) is 0 Å². The highest BCUT2D eigenvalue weighted by molar-refractivity contribution is 5.81.